The zero-order valence-corrected chi connectivity index (χ0v) is 37.4. The second-order valence-electron chi connectivity index (χ2n) is 12.8. The summed E-state index contributed by atoms with van der Waals surface area (Å²) >= 11 is 11.2. The monoisotopic (exact) mass is 918 g/mol. The van der Waals surface area contributed by atoms with Crippen molar-refractivity contribution in [2.24, 2.45) is 11.8 Å². The molecule has 0 nitrogen and oxygen atoms in total. The molecule has 0 aromatic heterocycles. The average molecular weight is 923 g/mol. The van der Waals surface area contributed by atoms with Gasteiger partial charge in [0.05, 0.1) is 0 Å². The molecule has 2 atom stereocenters. The maximum absolute atomic E-state index is 3.99. The van der Waals surface area contributed by atoms with E-state index >= 15 is 0 Å². The van der Waals surface area contributed by atoms with Gasteiger partial charge in [-0.2, -0.15) is 5.92 Å². The molecule has 0 saturated heterocycles. The summed E-state index contributed by atoms with van der Waals surface area (Å²) in [6.07, 6.45) is 11.6. The van der Waals surface area contributed by atoms with Crippen LogP contribution in [0.5, 0.6) is 0 Å². The van der Waals surface area contributed by atoms with E-state index in [-0.39, 0.29) is 40.0 Å². The molecule has 6 aromatic carbocycles. The molecule has 0 heterocycles. The van der Waals surface area contributed by atoms with Crippen molar-refractivity contribution in [3.8, 4) is 0 Å². The Hall–Kier alpha value is -0.954. The van der Waals surface area contributed by atoms with Gasteiger partial charge in [-0.15, -0.1) is 0 Å². The molecule has 0 aliphatic carbocycles. The van der Waals surface area contributed by atoms with Gasteiger partial charge in [-0.25, -0.2) is 0 Å². The molecule has 0 fully saturated rings. The van der Waals surface area contributed by atoms with Gasteiger partial charge in [0.15, 0.2) is 0 Å². The maximum Gasteiger partial charge on any atom is 2.00 e. The van der Waals surface area contributed by atoms with Crippen LogP contribution < -0.4 is 17.0 Å². The summed E-state index contributed by atoms with van der Waals surface area (Å²) in [4.78, 5) is 0. The van der Waals surface area contributed by atoms with E-state index in [2.05, 4.69) is 179 Å². The summed E-state index contributed by atoms with van der Waals surface area (Å²) in [6, 6.07) is 34.8. The van der Waals surface area contributed by atoms with Crippen LogP contribution in [0.4, 0.5) is 0 Å². The van der Waals surface area contributed by atoms with Crippen molar-refractivity contribution < 1.29 is 17.0 Å². The molecule has 0 aliphatic rings. The number of halogens is 4. The van der Waals surface area contributed by atoms with Gasteiger partial charge in [0.2, 0.25) is 0 Å². The molecule has 49 heavy (non-hydrogen) atoms. The van der Waals surface area contributed by atoms with Gasteiger partial charge in [-0.05, 0) is 123 Å². The first-order chi connectivity index (χ1) is 22.8. The van der Waals surface area contributed by atoms with Crippen molar-refractivity contribution in [1.29, 1.82) is 0 Å². The topological polar surface area (TPSA) is 0 Å². The van der Waals surface area contributed by atoms with Gasteiger partial charge in [-0.1, -0.05) is 162 Å². The number of hydrogen-bond acceptors (Lipinski definition) is 0. The van der Waals surface area contributed by atoms with E-state index in [1.54, 1.807) is 0 Å². The molecule has 6 aromatic rings. The van der Waals surface area contributed by atoms with Crippen molar-refractivity contribution in [2.75, 3.05) is 0 Å². The van der Waals surface area contributed by atoms with Gasteiger partial charge in [-0.3, -0.25) is 0 Å². The summed E-state index contributed by atoms with van der Waals surface area (Å²) in [7, 11) is 0. The van der Waals surface area contributed by atoms with Crippen molar-refractivity contribution in [3.05, 3.63) is 123 Å². The maximum atomic E-state index is 3.99. The van der Waals surface area contributed by atoms with Crippen molar-refractivity contribution in [1.82, 2.24) is 0 Å². The Morgan fingerprint density at radius 2 is 1.08 bits per heavy atom. The normalized spacial score (nSPS) is 11.9. The Balaban J connectivity index is 0.000000285. The SMILES string of the molecule is Brc1ccc2cc3ccccc3cc2c1.CCCCC(CC)Cc1ccc2c(Br)c3ccccc3c(Br)c2c1.[Br-].[CH2-]C(CC)CCCC.[Mg+2]. The quantitative estimate of drug-likeness (QED) is 0.0730. The molecule has 0 saturated carbocycles. The molecule has 5 heteroatoms. The summed E-state index contributed by atoms with van der Waals surface area (Å²) in [5, 5.41) is 10.3. The van der Waals surface area contributed by atoms with Crippen LogP contribution in [0.15, 0.2) is 110 Å². The van der Waals surface area contributed by atoms with Crippen molar-refractivity contribution in [3.63, 3.8) is 0 Å². The zero-order chi connectivity index (χ0) is 33.8. The number of rotatable bonds is 10. The van der Waals surface area contributed by atoms with Crippen LogP contribution in [0.3, 0.4) is 0 Å². The van der Waals surface area contributed by atoms with Crippen molar-refractivity contribution in [2.45, 2.75) is 85.5 Å². The van der Waals surface area contributed by atoms with E-state index in [9.17, 15) is 0 Å². The first-order valence-corrected chi connectivity index (χ1v) is 19.9. The van der Waals surface area contributed by atoms with Crippen LogP contribution in [0.1, 0.15) is 84.6 Å². The number of unbranched alkanes of at least 4 members (excludes halogenated alkanes) is 2. The van der Waals surface area contributed by atoms with Gasteiger partial charge in [0.1, 0.15) is 0 Å². The molecule has 6 rings (SSSR count). The van der Waals surface area contributed by atoms with Crippen LogP contribution >= 0.6 is 47.8 Å². The predicted molar refractivity (Wildman–Crippen MR) is 227 cm³/mol. The van der Waals surface area contributed by atoms with E-state index in [0.717, 1.165) is 10.4 Å². The summed E-state index contributed by atoms with van der Waals surface area (Å²) < 4.78 is 3.53. The van der Waals surface area contributed by atoms with E-state index in [0.29, 0.717) is 5.92 Å². The number of benzene rings is 6. The van der Waals surface area contributed by atoms with Gasteiger partial charge in [0.25, 0.3) is 0 Å². The fourth-order valence-corrected chi connectivity index (χ4v) is 7.88. The predicted octanol–water partition coefficient (Wildman–Crippen LogP) is 12.7. The van der Waals surface area contributed by atoms with E-state index in [1.165, 1.54) is 115 Å². The first-order valence-electron chi connectivity index (χ1n) is 17.5. The Bertz CT molecular complexity index is 1880. The first kappa shape index (κ1) is 44.2. The molecule has 0 spiro atoms. The largest absolute Gasteiger partial charge is 2.00 e. The van der Waals surface area contributed by atoms with E-state index in [1.807, 2.05) is 0 Å². The molecule has 0 N–H and O–H groups in total. The number of hydrogen-bond donors (Lipinski definition) is 0. The van der Waals surface area contributed by atoms with Crippen LogP contribution in [0.2, 0.25) is 0 Å². The van der Waals surface area contributed by atoms with Gasteiger partial charge >= 0.3 is 23.1 Å². The third-order valence-electron chi connectivity index (χ3n) is 9.23. The van der Waals surface area contributed by atoms with E-state index in [4.69, 9.17) is 0 Å². The fraction of sp³-hybridized carbons (Fsp3) is 0.341. The molecule has 0 amide bonds. The van der Waals surface area contributed by atoms with Crippen LogP contribution in [0.25, 0.3) is 43.1 Å². The van der Waals surface area contributed by atoms with Crippen LogP contribution in [-0.4, -0.2) is 23.1 Å². The minimum Gasteiger partial charge on any atom is -1.00 e. The summed E-state index contributed by atoms with van der Waals surface area (Å²) in [5.41, 5.74) is 1.45. The second-order valence-corrected chi connectivity index (χ2v) is 15.3. The molecular weight excluding hydrogens is 872 g/mol. The number of fused-ring (bicyclic) bond motifs is 4. The second kappa shape index (κ2) is 22.9. The molecule has 2 unspecified atom stereocenters. The third-order valence-corrected chi connectivity index (χ3v) is 11.4. The van der Waals surface area contributed by atoms with Gasteiger partial charge < -0.3 is 23.9 Å². The summed E-state index contributed by atoms with van der Waals surface area (Å²) in [6.45, 7) is 13.0. The Labute approximate surface area is 347 Å². The Morgan fingerprint density at radius 1 is 0.551 bits per heavy atom. The van der Waals surface area contributed by atoms with E-state index < -0.39 is 0 Å². The smallest absolute Gasteiger partial charge is 1.00 e. The standard InChI is InChI=1S/C22H24Br2.C14H9Br.C8H17.BrH.Mg/c1-3-5-8-15(4-2)13-16-11-12-19-20(14-16)22(24)18-10-7-6-9-17(18)21(19)23;15-14-6-5-12-7-10-3-1-2-4-11(10)8-13(12)9-14;1-4-6-7-8(3)5-2;;/h6-7,9-12,14-15H,3-5,8,13H2,1-2H3;1-9H;8H,3-7H2,1-2H3;1H;/q;;-1;;+2/p-1. The zero-order valence-electron chi connectivity index (χ0n) is 29.7. The minimum absolute atomic E-state index is 0. The Kier molecular flexibility index (Phi) is 20.6. The molecule has 0 radical (unpaired) electrons. The third kappa shape index (κ3) is 12.6. The molecule has 256 valence electrons. The molecular formula is C44H50Br4Mg. The summed E-state index contributed by atoms with van der Waals surface area (Å²) in [5.74, 6) is 1.50. The van der Waals surface area contributed by atoms with Crippen LogP contribution in [0, 0.1) is 18.8 Å². The van der Waals surface area contributed by atoms with Crippen LogP contribution in [-0.2, 0) is 6.42 Å². The average Bonchev–Trinajstić information content (AvgIpc) is 3.10. The fourth-order valence-electron chi connectivity index (χ4n) is 6.13. The molecule has 0 bridgehead atoms. The molecule has 0 aliphatic heterocycles. The minimum atomic E-state index is 0. The van der Waals surface area contributed by atoms with Gasteiger partial charge in [0, 0.05) is 13.4 Å². The Morgan fingerprint density at radius 3 is 1.67 bits per heavy atom. The van der Waals surface area contributed by atoms with Crippen molar-refractivity contribution >= 4 is 114 Å².